The van der Waals surface area contributed by atoms with E-state index in [4.69, 9.17) is 0 Å². The molecule has 0 amide bonds. The summed E-state index contributed by atoms with van der Waals surface area (Å²) in [6.45, 7) is 0. The molecule has 0 unspecified atom stereocenters. The van der Waals surface area contributed by atoms with Gasteiger partial charge in [0.2, 0.25) is 0 Å². The van der Waals surface area contributed by atoms with E-state index in [0.717, 1.165) is 42.7 Å². The van der Waals surface area contributed by atoms with Crippen LogP contribution in [0.25, 0.3) is 16.9 Å². The predicted molar refractivity (Wildman–Crippen MR) is 128 cm³/mol. The average Bonchev–Trinajstić information content (AvgIpc) is 3.25. The van der Waals surface area contributed by atoms with Crippen molar-refractivity contribution in [2.45, 2.75) is 31.6 Å². The molecule has 8 nitrogen and oxygen atoms in total. The maximum Gasteiger partial charge on any atom is 0.325 e. The Balaban J connectivity index is 1.32. The second-order valence-electron chi connectivity index (χ2n) is 8.66. The lowest BCUT2D eigenvalue weighted by Gasteiger charge is -2.29. The molecule has 1 fully saturated rings. The van der Waals surface area contributed by atoms with E-state index in [-0.39, 0.29) is 12.1 Å². The number of fused-ring (bicyclic) bond motifs is 1. The zero-order valence-corrected chi connectivity index (χ0v) is 19.0. The highest BCUT2D eigenvalue weighted by molar-refractivity contribution is 7.51. The summed E-state index contributed by atoms with van der Waals surface area (Å²) in [5.74, 6) is 1.21. The van der Waals surface area contributed by atoms with E-state index in [1.165, 1.54) is 11.9 Å². The molecule has 2 heterocycles. The Labute approximate surface area is 191 Å². The minimum absolute atomic E-state index is 0.00926. The Kier molecular flexibility index (Phi) is 5.98. The van der Waals surface area contributed by atoms with E-state index < -0.39 is 7.60 Å². The number of anilines is 2. The van der Waals surface area contributed by atoms with Gasteiger partial charge in [0.05, 0.1) is 6.16 Å². The van der Waals surface area contributed by atoms with Gasteiger partial charge in [-0.2, -0.15) is 0 Å². The Bertz CT molecular complexity index is 1280. The van der Waals surface area contributed by atoms with Crippen LogP contribution in [0.4, 0.5) is 11.5 Å². The van der Waals surface area contributed by atoms with Crippen molar-refractivity contribution < 1.29 is 14.4 Å². The van der Waals surface area contributed by atoms with E-state index in [1.54, 1.807) is 6.33 Å². The lowest BCUT2D eigenvalue weighted by atomic mass is 9.79. The van der Waals surface area contributed by atoms with Crippen LogP contribution < -0.4 is 5.32 Å². The number of aromatic nitrogens is 4. The van der Waals surface area contributed by atoms with Crippen LogP contribution in [0.2, 0.25) is 0 Å². The van der Waals surface area contributed by atoms with Gasteiger partial charge in [-0.1, -0.05) is 30.3 Å². The van der Waals surface area contributed by atoms with E-state index in [1.807, 2.05) is 34.9 Å². The highest BCUT2D eigenvalue weighted by atomic mass is 31.2. The lowest BCUT2D eigenvalue weighted by molar-refractivity contribution is 0.316. The van der Waals surface area contributed by atoms with Gasteiger partial charge in [0.1, 0.15) is 12.7 Å². The van der Waals surface area contributed by atoms with Crippen molar-refractivity contribution in [3.05, 3.63) is 72.8 Å². The zero-order chi connectivity index (χ0) is 22.8. The van der Waals surface area contributed by atoms with E-state index in [9.17, 15) is 14.4 Å². The van der Waals surface area contributed by atoms with E-state index in [2.05, 4.69) is 44.5 Å². The first-order chi connectivity index (χ1) is 16.0. The maximum absolute atomic E-state index is 11.3. The first-order valence-corrected chi connectivity index (χ1v) is 12.9. The molecular weight excluding hydrogens is 437 g/mol. The van der Waals surface area contributed by atoms with Crippen molar-refractivity contribution in [3.8, 4) is 5.69 Å². The Morgan fingerprint density at radius 3 is 2.36 bits per heavy atom. The SMILES string of the molecule is O=P(O)(O)CC1CCC(c2ccc(-n3cnc4c(Nc5ccccc5)ncnc43)cc2)CC1. The predicted octanol–water partition coefficient (Wildman–Crippen LogP) is 5.01. The Hall–Kier alpha value is -3.06. The van der Waals surface area contributed by atoms with Gasteiger partial charge in [0.15, 0.2) is 17.0 Å². The molecule has 2 aromatic carbocycles. The summed E-state index contributed by atoms with van der Waals surface area (Å²) in [5, 5.41) is 3.31. The molecule has 9 heteroatoms. The molecule has 5 rings (SSSR count). The lowest BCUT2D eigenvalue weighted by Crippen LogP contribution is -2.16. The molecule has 170 valence electrons. The Morgan fingerprint density at radius 1 is 0.939 bits per heavy atom. The van der Waals surface area contributed by atoms with Crippen molar-refractivity contribution in [3.63, 3.8) is 0 Å². The van der Waals surface area contributed by atoms with Gasteiger partial charge in [-0.25, -0.2) is 15.0 Å². The number of para-hydroxylation sites is 1. The molecule has 0 spiro atoms. The van der Waals surface area contributed by atoms with Crippen LogP contribution in [0, 0.1) is 5.92 Å². The molecule has 1 aliphatic rings. The molecular formula is C24H26N5O3P. The molecule has 33 heavy (non-hydrogen) atoms. The van der Waals surface area contributed by atoms with Crippen LogP contribution in [0.5, 0.6) is 0 Å². The summed E-state index contributed by atoms with van der Waals surface area (Å²) in [6, 6.07) is 18.3. The second kappa shape index (κ2) is 9.06. The summed E-state index contributed by atoms with van der Waals surface area (Å²) >= 11 is 0. The number of nitrogens with zero attached hydrogens (tertiary/aromatic N) is 4. The zero-order valence-electron chi connectivity index (χ0n) is 18.1. The monoisotopic (exact) mass is 463 g/mol. The highest BCUT2D eigenvalue weighted by Crippen LogP contribution is 2.44. The fourth-order valence-electron chi connectivity index (χ4n) is 4.70. The van der Waals surface area contributed by atoms with Crippen molar-refractivity contribution in [1.29, 1.82) is 0 Å². The number of nitrogens with one attached hydrogen (secondary N) is 1. The van der Waals surface area contributed by atoms with Gasteiger partial charge in [-0.3, -0.25) is 9.13 Å². The fourth-order valence-corrected chi connectivity index (χ4v) is 5.73. The van der Waals surface area contributed by atoms with Crippen LogP contribution >= 0.6 is 7.60 Å². The third kappa shape index (κ3) is 4.98. The molecule has 4 aromatic rings. The molecule has 1 aliphatic carbocycles. The minimum atomic E-state index is -3.93. The molecule has 3 N–H and O–H groups in total. The summed E-state index contributed by atoms with van der Waals surface area (Å²) in [5.41, 5.74) is 4.61. The quantitative estimate of drug-likeness (QED) is 0.345. The number of benzene rings is 2. The summed E-state index contributed by atoms with van der Waals surface area (Å²) in [4.78, 5) is 31.8. The first kappa shape index (κ1) is 21.8. The second-order valence-corrected chi connectivity index (χ2v) is 10.4. The molecule has 1 saturated carbocycles. The third-order valence-corrected chi connectivity index (χ3v) is 7.35. The summed E-state index contributed by atoms with van der Waals surface area (Å²) < 4.78 is 13.2. The van der Waals surface area contributed by atoms with Gasteiger partial charge in [0, 0.05) is 11.4 Å². The van der Waals surface area contributed by atoms with Crippen LogP contribution in [-0.2, 0) is 4.57 Å². The van der Waals surface area contributed by atoms with Crippen molar-refractivity contribution in [2.24, 2.45) is 5.92 Å². The number of hydrogen-bond acceptors (Lipinski definition) is 5. The molecule has 0 atom stereocenters. The third-order valence-electron chi connectivity index (χ3n) is 6.36. The number of rotatable bonds is 6. The summed E-state index contributed by atoms with van der Waals surface area (Å²) in [7, 11) is -3.93. The maximum atomic E-state index is 11.3. The van der Waals surface area contributed by atoms with Gasteiger partial charge in [0.25, 0.3) is 0 Å². The first-order valence-electron chi connectivity index (χ1n) is 11.1. The number of imidazole rings is 1. The van der Waals surface area contributed by atoms with Crippen LogP contribution in [0.3, 0.4) is 0 Å². The highest BCUT2D eigenvalue weighted by Gasteiger charge is 2.27. The fraction of sp³-hybridized carbons (Fsp3) is 0.292. The average molecular weight is 463 g/mol. The Morgan fingerprint density at radius 2 is 1.67 bits per heavy atom. The van der Waals surface area contributed by atoms with Gasteiger partial charge in [-0.05, 0) is 67.3 Å². The molecule has 0 radical (unpaired) electrons. The van der Waals surface area contributed by atoms with Crippen LogP contribution in [0.15, 0.2) is 67.3 Å². The summed E-state index contributed by atoms with van der Waals surface area (Å²) in [6.07, 6.45) is 6.94. The minimum Gasteiger partial charge on any atom is -0.338 e. The largest absolute Gasteiger partial charge is 0.338 e. The van der Waals surface area contributed by atoms with Crippen LogP contribution in [0.1, 0.15) is 37.2 Å². The topological polar surface area (TPSA) is 113 Å². The molecule has 0 bridgehead atoms. The van der Waals surface area contributed by atoms with Crippen molar-refractivity contribution in [1.82, 2.24) is 19.5 Å². The molecule has 0 saturated heterocycles. The van der Waals surface area contributed by atoms with Crippen molar-refractivity contribution in [2.75, 3.05) is 11.5 Å². The van der Waals surface area contributed by atoms with E-state index >= 15 is 0 Å². The van der Waals surface area contributed by atoms with E-state index in [0.29, 0.717) is 17.3 Å². The smallest absolute Gasteiger partial charge is 0.325 e. The number of hydrogen-bond donors (Lipinski definition) is 3. The van der Waals surface area contributed by atoms with Crippen molar-refractivity contribution >= 4 is 30.3 Å². The molecule has 0 aliphatic heterocycles. The normalized spacial score (nSPS) is 19.0. The van der Waals surface area contributed by atoms with Gasteiger partial charge in [-0.15, -0.1) is 0 Å². The van der Waals surface area contributed by atoms with Gasteiger partial charge < -0.3 is 15.1 Å². The van der Waals surface area contributed by atoms with Crippen LogP contribution in [-0.4, -0.2) is 35.5 Å². The van der Waals surface area contributed by atoms with Gasteiger partial charge >= 0.3 is 7.60 Å². The standard InChI is InChI=1S/C24H26N5O3P/c30-33(31,32)14-17-6-8-18(9-7-17)19-10-12-21(13-11-19)29-16-27-22-23(25-15-26-24(22)29)28-20-4-2-1-3-5-20/h1-5,10-13,15-18H,6-9,14H2,(H,25,26,28)(H2,30,31,32). The molecule has 2 aromatic heterocycles.